The van der Waals surface area contributed by atoms with Crippen LogP contribution in [0, 0.1) is 5.82 Å². The van der Waals surface area contributed by atoms with Gasteiger partial charge < -0.3 is 9.84 Å². The molecule has 17 heavy (non-hydrogen) atoms. The predicted molar refractivity (Wildman–Crippen MR) is 48.9 cm³/mol. The van der Waals surface area contributed by atoms with Crippen LogP contribution in [0.15, 0.2) is 18.2 Å². The average Bonchev–Trinajstić information content (AvgIpc) is 2.27. The van der Waals surface area contributed by atoms with E-state index in [1.165, 1.54) is 0 Å². The number of aliphatic hydroxyl groups excluding tert-OH is 1. The van der Waals surface area contributed by atoms with E-state index in [4.69, 9.17) is 0 Å². The highest BCUT2D eigenvalue weighted by Gasteiger charge is 2.49. The van der Waals surface area contributed by atoms with E-state index in [0.717, 1.165) is 19.2 Å². The zero-order chi connectivity index (χ0) is 13.2. The Morgan fingerprint density at radius 1 is 1.29 bits per heavy atom. The third kappa shape index (κ3) is 2.66. The van der Waals surface area contributed by atoms with Crippen LogP contribution < -0.4 is 4.74 Å². The topological polar surface area (TPSA) is 29.5 Å². The third-order valence-electron chi connectivity index (χ3n) is 2.14. The van der Waals surface area contributed by atoms with Gasteiger partial charge in [0.2, 0.25) is 0 Å². The van der Waals surface area contributed by atoms with Gasteiger partial charge in [0.15, 0.2) is 6.10 Å². The molecule has 96 valence electrons. The summed E-state index contributed by atoms with van der Waals surface area (Å²) >= 11 is 0. The van der Waals surface area contributed by atoms with Crippen LogP contribution in [0.3, 0.4) is 0 Å². The minimum Gasteiger partial charge on any atom is -0.496 e. The number of methoxy groups -OCH3 is 1. The molecule has 0 heterocycles. The lowest BCUT2D eigenvalue weighted by Crippen LogP contribution is -2.34. The average molecular weight is 256 g/mol. The van der Waals surface area contributed by atoms with Crippen LogP contribution in [0.2, 0.25) is 0 Å². The summed E-state index contributed by atoms with van der Waals surface area (Å²) in [5.74, 6) is -5.91. The van der Waals surface area contributed by atoms with Crippen LogP contribution in [-0.4, -0.2) is 24.6 Å². The molecule has 0 aromatic heterocycles. The molecule has 1 rings (SSSR count). The van der Waals surface area contributed by atoms with Gasteiger partial charge in [0.05, 0.1) is 7.11 Å². The van der Waals surface area contributed by atoms with E-state index in [1.54, 1.807) is 0 Å². The molecule has 1 unspecified atom stereocenters. The second-order valence-electron chi connectivity index (χ2n) is 3.26. The Labute approximate surface area is 93.6 Å². The lowest BCUT2D eigenvalue weighted by Gasteiger charge is -2.23. The van der Waals surface area contributed by atoms with E-state index in [-0.39, 0.29) is 5.75 Å². The largest absolute Gasteiger partial charge is 0.496 e. The van der Waals surface area contributed by atoms with Crippen LogP contribution in [0.1, 0.15) is 11.7 Å². The van der Waals surface area contributed by atoms with Gasteiger partial charge in [-0.1, -0.05) is 0 Å². The van der Waals surface area contributed by atoms with Crippen molar-refractivity contribution < 1.29 is 31.8 Å². The molecule has 0 radical (unpaired) electrons. The lowest BCUT2D eigenvalue weighted by molar-refractivity contribution is -0.194. The molecule has 1 atom stereocenters. The van der Waals surface area contributed by atoms with Gasteiger partial charge >= 0.3 is 12.3 Å². The van der Waals surface area contributed by atoms with E-state index in [2.05, 4.69) is 4.74 Å². The Bertz CT molecular complexity index is 394. The molecule has 0 saturated carbocycles. The van der Waals surface area contributed by atoms with Gasteiger partial charge in [-0.2, -0.15) is 8.78 Å². The maximum atomic E-state index is 12.9. The maximum Gasteiger partial charge on any atom is 0.336 e. The zero-order valence-corrected chi connectivity index (χ0v) is 8.63. The van der Waals surface area contributed by atoms with Crippen LogP contribution in [0.4, 0.5) is 22.0 Å². The molecule has 0 aliphatic heterocycles. The molecule has 2 nitrogen and oxygen atoms in total. The summed E-state index contributed by atoms with van der Waals surface area (Å²) in [6, 6.07) is 2.39. The molecule has 0 saturated heterocycles. The molecular weight excluding hydrogens is 247 g/mol. The van der Waals surface area contributed by atoms with Crippen molar-refractivity contribution in [3.05, 3.63) is 29.6 Å². The van der Waals surface area contributed by atoms with Crippen molar-refractivity contribution in [2.24, 2.45) is 0 Å². The number of hydrogen-bond acceptors (Lipinski definition) is 2. The highest BCUT2D eigenvalue weighted by molar-refractivity contribution is 5.36. The van der Waals surface area contributed by atoms with Crippen LogP contribution in [-0.2, 0) is 0 Å². The number of aliphatic hydroxyl groups is 1. The summed E-state index contributed by atoms with van der Waals surface area (Å²) in [5, 5.41) is 9.18. The SMILES string of the molecule is COc1ccc(F)cc1C(O)C(F)(F)C(F)F. The number of ether oxygens (including phenoxy) is 1. The van der Waals surface area contributed by atoms with Crippen LogP contribution >= 0.6 is 0 Å². The number of rotatable bonds is 4. The standard InChI is InChI=1S/C10H9F5O2/c1-17-7-3-2-5(11)4-6(7)8(16)10(14,15)9(12)13/h2-4,8-9,16H,1H3. The van der Waals surface area contributed by atoms with Crippen molar-refractivity contribution in [1.82, 2.24) is 0 Å². The summed E-state index contributed by atoms with van der Waals surface area (Å²) in [4.78, 5) is 0. The molecular formula is C10H9F5O2. The summed E-state index contributed by atoms with van der Waals surface area (Å²) in [6.45, 7) is 0. The Hall–Kier alpha value is -1.37. The summed E-state index contributed by atoms with van der Waals surface area (Å²) < 4.78 is 67.3. The van der Waals surface area contributed by atoms with Crippen molar-refractivity contribution in [2.45, 2.75) is 18.5 Å². The van der Waals surface area contributed by atoms with Crippen molar-refractivity contribution in [2.75, 3.05) is 7.11 Å². The number of alkyl halides is 4. The first-order chi connectivity index (χ1) is 7.80. The Balaban J connectivity index is 3.19. The number of hydrogen-bond donors (Lipinski definition) is 1. The lowest BCUT2D eigenvalue weighted by atomic mass is 10.0. The van der Waals surface area contributed by atoms with Crippen LogP contribution in [0.5, 0.6) is 5.75 Å². The van der Waals surface area contributed by atoms with Crippen LogP contribution in [0.25, 0.3) is 0 Å². The molecule has 0 fully saturated rings. The molecule has 0 amide bonds. The highest BCUT2D eigenvalue weighted by atomic mass is 19.3. The molecule has 1 aromatic rings. The van der Waals surface area contributed by atoms with Gasteiger partial charge in [0.25, 0.3) is 0 Å². The number of halogens is 5. The molecule has 1 N–H and O–H groups in total. The van der Waals surface area contributed by atoms with Crippen molar-refractivity contribution >= 4 is 0 Å². The van der Waals surface area contributed by atoms with Gasteiger partial charge in [-0.3, -0.25) is 0 Å². The fourth-order valence-electron chi connectivity index (χ4n) is 1.25. The van der Waals surface area contributed by atoms with Gasteiger partial charge in [-0.25, -0.2) is 13.2 Å². The van der Waals surface area contributed by atoms with Gasteiger partial charge in [0, 0.05) is 5.56 Å². The summed E-state index contributed by atoms with van der Waals surface area (Å²) in [7, 11) is 1.09. The Morgan fingerprint density at radius 2 is 1.88 bits per heavy atom. The Kier molecular flexibility index (Phi) is 3.92. The monoisotopic (exact) mass is 256 g/mol. The van der Waals surface area contributed by atoms with Gasteiger partial charge in [-0.15, -0.1) is 0 Å². The molecule has 0 aliphatic carbocycles. The normalized spacial score (nSPS) is 13.9. The summed E-state index contributed by atoms with van der Waals surface area (Å²) in [6.07, 6.45) is -6.90. The first-order valence-electron chi connectivity index (χ1n) is 4.48. The fraction of sp³-hybridized carbons (Fsp3) is 0.400. The first-order valence-corrected chi connectivity index (χ1v) is 4.48. The van der Waals surface area contributed by atoms with Crippen molar-refractivity contribution in [3.8, 4) is 5.75 Å². The molecule has 0 bridgehead atoms. The third-order valence-corrected chi connectivity index (χ3v) is 2.14. The van der Waals surface area contributed by atoms with Gasteiger partial charge in [0.1, 0.15) is 11.6 Å². The van der Waals surface area contributed by atoms with Crippen molar-refractivity contribution in [3.63, 3.8) is 0 Å². The first kappa shape index (κ1) is 13.7. The fourth-order valence-corrected chi connectivity index (χ4v) is 1.25. The van der Waals surface area contributed by atoms with E-state index in [9.17, 15) is 27.1 Å². The molecule has 1 aromatic carbocycles. The quantitative estimate of drug-likeness (QED) is 0.839. The van der Waals surface area contributed by atoms with E-state index >= 15 is 0 Å². The zero-order valence-electron chi connectivity index (χ0n) is 8.63. The minimum atomic E-state index is -4.68. The summed E-state index contributed by atoms with van der Waals surface area (Å²) in [5.41, 5.74) is -0.724. The van der Waals surface area contributed by atoms with E-state index < -0.39 is 29.8 Å². The minimum absolute atomic E-state index is 0.292. The molecule has 0 spiro atoms. The van der Waals surface area contributed by atoms with E-state index in [1.807, 2.05) is 0 Å². The molecule has 7 heteroatoms. The van der Waals surface area contributed by atoms with Crippen molar-refractivity contribution in [1.29, 1.82) is 0 Å². The highest BCUT2D eigenvalue weighted by Crippen LogP contribution is 2.40. The molecule has 0 aliphatic rings. The smallest absolute Gasteiger partial charge is 0.336 e. The Morgan fingerprint density at radius 3 is 2.35 bits per heavy atom. The van der Waals surface area contributed by atoms with E-state index in [0.29, 0.717) is 6.07 Å². The second kappa shape index (κ2) is 4.87. The maximum absolute atomic E-state index is 12.9. The predicted octanol–water partition coefficient (Wildman–Crippen LogP) is 2.77. The second-order valence-corrected chi connectivity index (χ2v) is 3.26. The number of benzene rings is 1. The van der Waals surface area contributed by atoms with Gasteiger partial charge in [-0.05, 0) is 18.2 Å².